The molecular weight excluding hydrogens is 394 g/mol. The van der Waals surface area contributed by atoms with Crippen molar-refractivity contribution in [3.05, 3.63) is 89.7 Å². The van der Waals surface area contributed by atoms with E-state index >= 15 is 0 Å². The Balaban J connectivity index is 1.49. The molecule has 5 nitrogen and oxygen atoms in total. The molecule has 0 radical (unpaired) electrons. The third-order valence-electron chi connectivity index (χ3n) is 4.48. The van der Waals surface area contributed by atoms with Gasteiger partial charge in [0.2, 0.25) is 0 Å². The van der Waals surface area contributed by atoms with E-state index in [1.54, 1.807) is 36.7 Å². The first-order chi connectivity index (χ1) is 14.6. The van der Waals surface area contributed by atoms with Gasteiger partial charge in [0.15, 0.2) is 5.11 Å². The third-order valence-corrected chi connectivity index (χ3v) is 4.68. The molecule has 0 atom stereocenters. The molecule has 0 saturated heterocycles. The molecule has 0 bridgehead atoms. The van der Waals surface area contributed by atoms with Gasteiger partial charge in [0, 0.05) is 23.6 Å². The summed E-state index contributed by atoms with van der Waals surface area (Å²) >= 11 is 5.27. The lowest BCUT2D eigenvalue weighted by Crippen LogP contribution is -2.34. The highest BCUT2D eigenvalue weighted by Crippen LogP contribution is 2.14. The number of thiocarbonyl (C=S) groups is 1. The number of aromatic nitrogens is 1. The van der Waals surface area contributed by atoms with E-state index in [9.17, 15) is 4.79 Å². The van der Waals surface area contributed by atoms with Gasteiger partial charge in [-0.25, -0.2) is 0 Å². The van der Waals surface area contributed by atoms with E-state index < -0.39 is 0 Å². The SMILES string of the molecule is CCCCOc1ccc(C(=O)NC(=S)Nc2ccc(Cc3ccncc3)cc2)cc1. The third kappa shape index (κ3) is 6.67. The van der Waals surface area contributed by atoms with Crippen LogP contribution in [0.25, 0.3) is 0 Å². The molecule has 2 aromatic carbocycles. The van der Waals surface area contributed by atoms with E-state index in [4.69, 9.17) is 17.0 Å². The predicted molar refractivity (Wildman–Crippen MR) is 124 cm³/mol. The second kappa shape index (κ2) is 11.1. The lowest BCUT2D eigenvalue weighted by atomic mass is 10.1. The summed E-state index contributed by atoms with van der Waals surface area (Å²) in [6, 6.07) is 19.0. The summed E-state index contributed by atoms with van der Waals surface area (Å²) in [4.78, 5) is 16.4. The molecule has 0 aliphatic rings. The maximum absolute atomic E-state index is 12.4. The summed E-state index contributed by atoms with van der Waals surface area (Å²) in [5, 5.41) is 6.00. The summed E-state index contributed by atoms with van der Waals surface area (Å²) in [7, 11) is 0. The van der Waals surface area contributed by atoms with Gasteiger partial charge in [0.1, 0.15) is 5.75 Å². The van der Waals surface area contributed by atoms with Gasteiger partial charge in [0.05, 0.1) is 6.61 Å². The zero-order valence-electron chi connectivity index (χ0n) is 16.9. The minimum Gasteiger partial charge on any atom is -0.494 e. The molecule has 3 aromatic rings. The molecule has 0 fully saturated rings. The first kappa shape index (κ1) is 21.5. The average molecular weight is 420 g/mol. The van der Waals surface area contributed by atoms with Crippen molar-refractivity contribution in [3.63, 3.8) is 0 Å². The quantitative estimate of drug-likeness (QED) is 0.398. The fourth-order valence-corrected chi connectivity index (χ4v) is 3.03. The lowest BCUT2D eigenvalue weighted by Gasteiger charge is -2.11. The molecule has 0 aliphatic carbocycles. The van der Waals surface area contributed by atoms with Crippen molar-refractivity contribution in [1.29, 1.82) is 0 Å². The molecule has 3 rings (SSSR count). The first-order valence-electron chi connectivity index (χ1n) is 9.97. The van der Waals surface area contributed by atoms with E-state index in [0.29, 0.717) is 12.2 Å². The highest BCUT2D eigenvalue weighted by atomic mass is 32.1. The summed E-state index contributed by atoms with van der Waals surface area (Å²) in [5.41, 5.74) is 3.73. The molecule has 0 saturated carbocycles. The molecule has 2 N–H and O–H groups in total. The molecular formula is C24H25N3O2S. The Kier molecular flexibility index (Phi) is 7.92. The van der Waals surface area contributed by atoms with E-state index in [1.165, 1.54) is 11.1 Å². The number of nitrogens with one attached hydrogen (secondary N) is 2. The topological polar surface area (TPSA) is 63.2 Å². The molecule has 30 heavy (non-hydrogen) atoms. The van der Waals surface area contributed by atoms with Crippen LogP contribution in [-0.2, 0) is 6.42 Å². The van der Waals surface area contributed by atoms with Crippen LogP contribution in [-0.4, -0.2) is 22.6 Å². The smallest absolute Gasteiger partial charge is 0.257 e. The Bertz CT molecular complexity index is 958. The molecule has 1 amide bonds. The van der Waals surface area contributed by atoms with Crippen molar-refractivity contribution in [2.75, 3.05) is 11.9 Å². The Morgan fingerprint density at radius 1 is 0.967 bits per heavy atom. The second-order valence-corrected chi connectivity index (χ2v) is 7.27. The largest absolute Gasteiger partial charge is 0.494 e. The Morgan fingerprint density at radius 3 is 2.30 bits per heavy atom. The molecule has 154 valence electrons. The number of hydrogen-bond donors (Lipinski definition) is 2. The van der Waals surface area contributed by atoms with Crippen LogP contribution in [0.3, 0.4) is 0 Å². The number of amides is 1. The normalized spacial score (nSPS) is 10.3. The number of rotatable bonds is 8. The van der Waals surface area contributed by atoms with Gasteiger partial charge < -0.3 is 10.1 Å². The van der Waals surface area contributed by atoms with Crippen LogP contribution < -0.4 is 15.4 Å². The Hall–Kier alpha value is -3.25. The number of nitrogens with zero attached hydrogens (tertiary/aromatic N) is 1. The number of ether oxygens (including phenoxy) is 1. The van der Waals surface area contributed by atoms with E-state index in [-0.39, 0.29) is 11.0 Å². The monoisotopic (exact) mass is 419 g/mol. The van der Waals surface area contributed by atoms with E-state index in [1.807, 2.05) is 36.4 Å². The molecule has 6 heteroatoms. The van der Waals surface area contributed by atoms with Crippen LogP contribution in [0.15, 0.2) is 73.1 Å². The van der Waals surface area contributed by atoms with Crippen LogP contribution in [0.5, 0.6) is 5.75 Å². The van der Waals surface area contributed by atoms with E-state index in [0.717, 1.165) is 30.7 Å². The fourth-order valence-electron chi connectivity index (χ4n) is 2.82. The summed E-state index contributed by atoms with van der Waals surface area (Å²) in [6.45, 7) is 2.79. The summed E-state index contributed by atoms with van der Waals surface area (Å²) in [6.07, 6.45) is 6.51. The van der Waals surface area contributed by atoms with Crippen molar-refractivity contribution in [2.24, 2.45) is 0 Å². The van der Waals surface area contributed by atoms with Crippen LogP contribution in [0.4, 0.5) is 5.69 Å². The first-order valence-corrected chi connectivity index (χ1v) is 10.4. The number of unbranched alkanes of at least 4 members (excludes halogenated alkanes) is 1. The minimum atomic E-state index is -0.262. The van der Waals surface area contributed by atoms with Crippen molar-refractivity contribution in [3.8, 4) is 5.75 Å². The maximum atomic E-state index is 12.4. The number of carbonyl (C=O) groups excluding carboxylic acids is 1. The highest BCUT2D eigenvalue weighted by molar-refractivity contribution is 7.80. The lowest BCUT2D eigenvalue weighted by molar-refractivity contribution is 0.0977. The van der Waals surface area contributed by atoms with Crippen LogP contribution in [0.1, 0.15) is 41.3 Å². The van der Waals surface area contributed by atoms with Crippen molar-refractivity contribution < 1.29 is 9.53 Å². The highest BCUT2D eigenvalue weighted by Gasteiger charge is 2.08. The molecule has 0 spiro atoms. The van der Waals surface area contributed by atoms with Gasteiger partial charge in [-0.2, -0.15) is 0 Å². The van der Waals surface area contributed by atoms with Gasteiger partial charge in [-0.15, -0.1) is 0 Å². The minimum absolute atomic E-state index is 0.255. The van der Waals surface area contributed by atoms with Crippen molar-refractivity contribution >= 4 is 28.9 Å². The standard InChI is InChI=1S/C24H25N3O2S/c1-2-3-16-29-22-10-6-20(7-11-22)23(28)27-24(30)26-21-8-4-18(5-9-21)17-19-12-14-25-15-13-19/h4-15H,2-3,16-17H2,1H3,(H2,26,27,28,30). The predicted octanol–water partition coefficient (Wildman–Crippen LogP) is 4.98. The fraction of sp³-hybridized carbons (Fsp3) is 0.208. The average Bonchev–Trinajstić information content (AvgIpc) is 2.76. The zero-order valence-corrected chi connectivity index (χ0v) is 17.7. The zero-order chi connectivity index (χ0) is 21.2. The number of benzene rings is 2. The van der Waals surface area contributed by atoms with Crippen molar-refractivity contribution in [1.82, 2.24) is 10.3 Å². The molecule has 1 heterocycles. The number of carbonyl (C=O) groups is 1. The van der Waals surface area contributed by atoms with Crippen LogP contribution in [0.2, 0.25) is 0 Å². The maximum Gasteiger partial charge on any atom is 0.257 e. The Morgan fingerprint density at radius 2 is 1.63 bits per heavy atom. The second-order valence-electron chi connectivity index (χ2n) is 6.86. The van der Waals surface area contributed by atoms with Crippen molar-refractivity contribution in [2.45, 2.75) is 26.2 Å². The number of anilines is 1. The Labute approximate surface area is 182 Å². The van der Waals surface area contributed by atoms with Crippen LogP contribution >= 0.6 is 12.2 Å². The number of hydrogen-bond acceptors (Lipinski definition) is 4. The number of pyridine rings is 1. The molecule has 0 unspecified atom stereocenters. The van der Waals surface area contributed by atoms with E-state index in [2.05, 4.69) is 22.5 Å². The summed E-state index contributed by atoms with van der Waals surface area (Å²) < 4.78 is 5.62. The van der Waals surface area contributed by atoms with Gasteiger partial charge >= 0.3 is 0 Å². The van der Waals surface area contributed by atoms with Gasteiger partial charge in [0.25, 0.3) is 5.91 Å². The van der Waals surface area contributed by atoms with Gasteiger partial charge in [-0.1, -0.05) is 25.5 Å². The van der Waals surface area contributed by atoms with Crippen LogP contribution in [0, 0.1) is 0 Å². The summed E-state index contributed by atoms with van der Waals surface area (Å²) in [5.74, 6) is 0.495. The molecule has 1 aromatic heterocycles. The molecule has 0 aliphatic heterocycles. The van der Waals surface area contributed by atoms with Gasteiger partial charge in [-0.05, 0) is 84.7 Å². The van der Waals surface area contributed by atoms with Gasteiger partial charge in [-0.3, -0.25) is 15.1 Å².